The minimum atomic E-state index is -0.0594. The fourth-order valence-corrected chi connectivity index (χ4v) is 2.23. The Bertz CT molecular complexity index is 215. The summed E-state index contributed by atoms with van der Waals surface area (Å²) in [6, 6.07) is 0.0717. The van der Waals surface area contributed by atoms with E-state index in [1.165, 1.54) is 19.3 Å². The predicted molar refractivity (Wildman–Crippen MR) is 66.7 cm³/mol. The van der Waals surface area contributed by atoms with Crippen molar-refractivity contribution in [2.45, 2.75) is 64.0 Å². The Labute approximate surface area is 104 Å². The van der Waals surface area contributed by atoms with E-state index >= 15 is 0 Å². The molecule has 0 heterocycles. The highest BCUT2D eigenvalue weighted by atomic mass is 16.5. The van der Waals surface area contributed by atoms with Gasteiger partial charge in [0.15, 0.2) is 0 Å². The molecule has 0 saturated heterocycles. The molecule has 17 heavy (non-hydrogen) atoms. The highest BCUT2D eigenvalue weighted by Gasteiger charge is 2.16. The molecule has 1 unspecified atom stereocenters. The summed E-state index contributed by atoms with van der Waals surface area (Å²) in [6.07, 6.45) is 7.62. The van der Waals surface area contributed by atoms with Crippen LogP contribution in [0.1, 0.15) is 51.9 Å². The minimum absolute atomic E-state index is 0.0594. The molecular formula is C13H25NO3. The smallest absolute Gasteiger partial charge is 0.246 e. The van der Waals surface area contributed by atoms with E-state index in [1.54, 1.807) is 0 Å². The Kier molecular flexibility index (Phi) is 7.21. The van der Waals surface area contributed by atoms with E-state index in [-0.39, 0.29) is 31.3 Å². The lowest BCUT2D eigenvalue weighted by molar-refractivity contribution is -0.129. The van der Waals surface area contributed by atoms with Crippen LogP contribution in [0.5, 0.6) is 0 Å². The van der Waals surface area contributed by atoms with E-state index in [1.807, 2.05) is 6.92 Å². The first-order chi connectivity index (χ1) is 8.26. The monoisotopic (exact) mass is 243 g/mol. The minimum Gasteiger partial charge on any atom is -0.396 e. The number of aliphatic hydroxyl groups is 1. The fraction of sp³-hybridized carbons (Fsp3) is 0.923. The number of rotatable bonds is 7. The van der Waals surface area contributed by atoms with Crippen molar-refractivity contribution in [1.29, 1.82) is 0 Å². The van der Waals surface area contributed by atoms with Gasteiger partial charge in [0.25, 0.3) is 0 Å². The Balaban J connectivity index is 2.14. The van der Waals surface area contributed by atoms with Gasteiger partial charge in [0, 0.05) is 12.6 Å². The second-order valence-corrected chi connectivity index (χ2v) is 4.76. The number of ether oxygens (including phenoxy) is 1. The van der Waals surface area contributed by atoms with E-state index < -0.39 is 0 Å². The molecule has 0 aromatic heterocycles. The summed E-state index contributed by atoms with van der Waals surface area (Å²) in [7, 11) is 0. The predicted octanol–water partition coefficient (Wildman–Crippen LogP) is 1.61. The van der Waals surface area contributed by atoms with Crippen molar-refractivity contribution >= 4 is 5.91 Å². The molecule has 1 atom stereocenters. The quantitative estimate of drug-likeness (QED) is 0.714. The summed E-state index contributed by atoms with van der Waals surface area (Å²) < 4.78 is 5.59. The van der Waals surface area contributed by atoms with Crippen LogP contribution >= 0.6 is 0 Å². The summed E-state index contributed by atoms with van der Waals surface area (Å²) in [5.74, 6) is -0.0594. The average Bonchev–Trinajstić information content (AvgIpc) is 2.37. The van der Waals surface area contributed by atoms with E-state index in [2.05, 4.69) is 5.32 Å². The number of nitrogens with one attached hydrogen (secondary N) is 1. The van der Waals surface area contributed by atoms with Crippen LogP contribution in [0.4, 0.5) is 0 Å². The van der Waals surface area contributed by atoms with Crippen LogP contribution in [0, 0.1) is 0 Å². The molecule has 0 bridgehead atoms. The normalized spacial score (nSPS) is 18.9. The summed E-state index contributed by atoms with van der Waals surface area (Å²) >= 11 is 0. The van der Waals surface area contributed by atoms with Crippen LogP contribution in [0.2, 0.25) is 0 Å². The van der Waals surface area contributed by atoms with Crippen LogP contribution in [0.15, 0.2) is 0 Å². The molecule has 1 aliphatic carbocycles. The Hall–Kier alpha value is -0.610. The molecule has 4 heteroatoms. The van der Waals surface area contributed by atoms with E-state index in [9.17, 15) is 4.79 Å². The molecule has 0 aromatic rings. The molecule has 0 aliphatic heterocycles. The Morgan fingerprint density at radius 3 is 2.71 bits per heavy atom. The number of aliphatic hydroxyl groups excluding tert-OH is 1. The van der Waals surface area contributed by atoms with Gasteiger partial charge in [-0.15, -0.1) is 0 Å². The van der Waals surface area contributed by atoms with Gasteiger partial charge in [0.05, 0.1) is 6.10 Å². The molecule has 1 saturated carbocycles. The molecule has 0 radical (unpaired) electrons. The molecule has 1 aliphatic rings. The van der Waals surface area contributed by atoms with Gasteiger partial charge in [-0.3, -0.25) is 4.79 Å². The molecule has 1 fully saturated rings. The summed E-state index contributed by atoms with van der Waals surface area (Å²) in [4.78, 5) is 11.6. The third-order valence-corrected chi connectivity index (χ3v) is 3.34. The molecule has 0 spiro atoms. The van der Waals surface area contributed by atoms with Gasteiger partial charge in [-0.2, -0.15) is 0 Å². The third kappa shape index (κ3) is 6.03. The lowest BCUT2D eigenvalue weighted by Gasteiger charge is -2.22. The van der Waals surface area contributed by atoms with Gasteiger partial charge in [0.1, 0.15) is 6.61 Å². The van der Waals surface area contributed by atoms with Crippen molar-refractivity contribution < 1.29 is 14.6 Å². The highest BCUT2D eigenvalue weighted by molar-refractivity contribution is 5.77. The van der Waals surface area contributed by atoms with Gasteiger partial charge in [-0.05, 0) is 25.7 Å². The van der Waals surface area contributed by atoms with Crippen LogP contribution in [0.3, 0.4) is 0 Å². The van der Waals surface area contributed by atoms with E-state index in [0.29, 0.717) is 6.42 Å². The maximum Gasteiger partial charge on any atom is 0.246 e. The standard InChI is InChI=1S/C13H25NO3/c1-2-11(8-9-15)14-13(16)10-17-12-6-4-3-5-7-12/h11-12,15H,2-10H2,1H3,(H,14,16). The first-order valence-electron chi connectivity index (χ1n) is 6.78. The van der Waals surface area contributed by atoms with Crippen molar-refractivity contribution in [1.82, 2.24) is 5.32 Å². The van der Waals surface area contributed by atoms with Crippen molar-refractivity contribution in [3.8, 4) is 0 Å². The number of carbonyl (C=O) groups excluding carboxylic acids is 1. The number of amides is 1. The van der Waals surface area contributed by atoms with Crippen molar-refractivity contribution in [2.24, 2.45) is 0 Å². The second kappa shape index (κ2) is 8.48. The number of hydrogen-bond donors (Lipinski definition) is 2. The maximum atomic E-state index is 11.6. The molecule has 2 N–H and O–H groups in total. The SMILES string of the molecule is CCC(CCO)NC(=O)COC1CCCCC1. The summed E-state index contributed by atoms with van der Waals surface area (Å²) in [5.41, 5.74) is 0. The Morgan fingerprint density at radius 1 is 1.41 bits per heavy atom. The van der Waals surface area contributed by atoms with Crippen LogP contribution in [-0.2, 0) is 9.53 Å². The van der Waals surface area contributed by atoms with Crippen molar-refractivity contribution in [2.75, 3.05) is 13.2 Å². The first-order valence-corrected chi connectivity index (χ1v) is 6.78. The van der Waals surface area contributed by atoms with Crippen molar-refractivity contribution in [3.63, 3.8) is 0 Å². The summed E-state index contributed by atoms with van der Waals surface area (Å²) in [6.45, 7) is 2.28. The Morgan fingerprint density at radius 2 is 2.12 bits per heavy atom. The zero-order valence-corrected chi connectivity index (χ0v) is 10.8. The number of hydrogen-bond acceptors (Lipinski definition) is 3. The van der Waals surface area contributed by atoms with E-state index in [4.69, 9.17) is 9.84 Å². The fourth-order valence-electron chi connectivity index (χ4n) is 2.23. The van der Waals surface area contributed by atoms with Gasteiger partial charge in [-0.1, -0.05) is 26.2 Å². The van der Waals surface area contributed by atoms with Crippen LogP contribution in [-0.4, -0.2) is 36.4 Å². The molecule has 4 nitrogen and oxygen atoms in total. The van der Waals surface area contributed by atoms with Gasteiger partial charge >= 0.3 is 0 Å². The van der Waals surface area contributed by atoms with Gasteiger partial charge in [-0.25, -0.2) is 0 Å². The zero-order valence-electron chi connectivity index (χ0n) is 10.8. The van der Waals surface area contributed by atoms with Crippen LogP contribution < -0.4 is 5.32 Å². The molecule has 100 valence electrons. The largest absolute Gasteiger partial charge is 0.396 e. The first kappa shape index (κ1) is 14.5. The third-order valence-electron chi connectivity index (χ3n) is 3.34. The van der Waals surface area contributed by atoms with Gasteiger partial charge < -0.3 is 15.2 Å². The van der Waals surface area contributed by atoms with Crippen LogP contribution in [0.25, 0.3) is 0 Å². The molecule has 1 rings (SSSR count). The highest BCUT2D eigenvalue weighted by Crippen LogP contribution is 2.19. The maximum absolute atomic E-state index is 11.6. The number of carbonyl (C=O) groups is 1. The average molecular weight is 243 g/mol. The topological polar surface area (TPSA) is 58.6 Å². The zero-order chi connectivity index (χ0) is 12.5. The lowest BCUT2D eigenvalue weighted by atomic mass is 9.98. The molecular weight excluding hydrogens is 218 g/mol. The lowest BCUT2D eigenvalue weighted by Crippen LogP contribution is -2.38. The van der Waals surface area contributed by atoms with Crippen molar-refractivity contribution in [3.05, 3.63) is 0 Å². The van der Waals surface area contributed by atoms with Gasteiger partial charge in [0.2, 0.25) is 5.91 Å². The second-order valence-electron chi connectivity index (χ2n) is 4.76. The van der Waals surface area contributed by atoms with E-state index in [0.717, 1.165) is 19.3 Å². The summed E-state index contributed by atoms with van der Waals surface area (Å²) in [5, 5.41) is 11.7. The molecule has 1 amide bonds. The molecule has 0 aromatic carbocycles.